The summed E-state index contributed by atoms with van der Waals surface area (Å²) in [6.07, 6.45) is 7.97. The molecule has 0 amide bonds. The number of hydrogen-bond acceptors (Lipinski definition) is 3. The Kier molecular flexibility index (Phi) is 9.48. The Morgan fingerprint density at radius 2 is 1.07 bits per heavy atom. The van der Waals surface area contributed by atoms with Gasteiger partial charge in [-0.1, -0.05) is 94.5 Å². The van der Waals surface area contributed by atoms with E-state index in [1.807, 2.05) is 74.5 Å². The highest BCUT2D eigenvalue weighted by Crippen LogP contribution is 2.45. The molecule has 0 saturated heterocycles. The Labute approximate surface area is 291 Å². The summed E-state index contributed by atoms with van der Waals surface area (Å²) in [4.78, 5) is 28.5. The van der Waals surface area contributed by atoms with Crippen LogP contribution in [0.4, 0.5) is 0 Å². The van der Waals surface area contributed by atoms with Crippen molar-refractivity contribution in [2.45, 2.75) is 55.4 Å². The monoisotopic (exact) mass is 686 g/mol. The molecule has 46 heavy (non-hydrogen) atoms. The molecule has 0 atom stereocenters. The summed E-state index contributed by atoms with van der Waals surface area (Å²) in [5.41, 5.74) is 7.77. The van der Waals surface area contributed by atoms with Gasteiger partial charge in [-0.3, -0.25) is 9.59 Å². The summed E-state index contributed by atoms with van der Waals surface area (Å²) in [6, 6.07) is 17.5. The molecule has 0 bridgehead atoms. The fraction of sp³-hybridized carbons (Fsp3) is 0.250. The van der Waals surface area contributed by atoms with Crippen molar-refractivity contribution in [1.29, 1.82) is 0 Å². The summed E-state index contributed by atoms with van der Waals surface area (Å²) >= 11 is 21.2. The Morgan fingerprint density at radius 3 is 1.57 bits per heavy atom. The van der Waals surface area contributed by atoms with Crippen LogP contribution in [-0.4, -0.2) is 11.6 Å². The van der Waals surface area contributed by atoms with E-state index in [-0.39, 0.29) is 22.4 Å². The van der Waals surface area contributed by atoms with E-state index < -0.39 is 0 Å². The number of carbonyl (C=O) groups excluding carboxylic acids is 2. The molecular weight excluding hydrogens is 651 g/mol. The number of benzene rings is 2. The third-order valence-electron chi connectivity index (χ3n) is 8.17. The number of thiophene rings is 1. The van der Waals surface area contributed by atoms with Gasteiger partial charge in [-0.25, -0.2) is 0 Å². The van der Waals surface area contributed by atoms with E-state index in [0.29, 0.717) is 26.2 Å². The van der Waals surface area contributed by atoms with Crippen LogP contribution in [0.15, 0.2) is 112 Å². The molecule has 0 N–H and O–H groups in total. The first kappa shape index (κ1) is 34.1. The number of halogens is 3. The Hall–Kier alpha value is -3.21. The lowest BCUT2D eigenvalue weighted by Gasteiger charge is -2.32. The second-order valence-corrected chi connectivity index (χ2v) is 16.2. The molecule has 2 aromatic carbocycles. The third kappa shape index (κ3) is 6.89. The van der Waals surface area contributed by atoms with Crippen LogP contribution in [0.3, 0.4) is 0 Å². The molecule has 0 fully saturated rings. The van der Waals surface area contributed by atoms with Crippen LogP contribution in [0.25, 0.3) is 11.1 Å². The molecule has 0 spiro atoms. The number of hydrogen-bond donors (Lipinski definition) is 0. The molecule has 0 saturated carbocycles. The minimum Gasteiger partial charge on any atom is -0.289 e. The fourth-order valence-corrected chi connectivity index (χ4v) is 7.58. The maximum atomic E-state index is 13.8. The van der Waals surface area contributed by atoms with Gasteiger partial charge >= 0.3 is 0 Å². The van der Waals surface area contributed by atoms with E-state index in [2.05, 4.69) is 53.7 Å². The van der Waals surface area contributed by atoms with Gasteiger partial charge < -0.3 is 0 Å². The molecule has 2 nitrogen and oxygen atoms in total. The summed E-state index contributed by atoms with van der Waals surface area (Å²) in [5.74, 6) is 0.119. The first-order valence-electron chi connectivity index (χ1n) is 15.2. The topological polar surface area (TPSA) is 34.1 Å². The standard InChI is InChI=1S/C40H37Cl3O2S/c1-22-17-25(18-23(2)37(22)44)35(24-9-11-27(41)12-10-24)33-15-16-34(46-33)36(29-14-13-28(42)21-32(29)43)26-19-30(39(3,4)5)38(45)31(20-26)40(6,7)8/h9-21H,1-8H3. The molecule has 0 radical (unpaired) electrons. The van der Waals surface area contributed by atoms with Crippen LogP contribution in [0.1, 0.15) is 76.3 Å². The van der Waals surface area contributed by atoms with E-state index in [4.69, 9.17) is 34.8 Å². The summed E-state index contributed by atoms with van der Waals surface area (Å²) < 4.78 is 0. The normalized spacial score (nSPS) is 15.8. The Morgan fingerprint density at radius 1 is 0.587 bits per heavy atom. The van der Waals surface area contributed by atoms with Gasteiger partial charge in [0.05, 0.1) is 0 Å². The highest BCUT2D eigenvalue weighted by atomic mass is 35.5. The van der Waals surface area contributed by atoms with Crippen molar-refractivity contribution in [3.8, 4) is 0 Å². The predicted octanol–water partition coefficient (Wildman–Crippen LogP) is 12.3. The highest BCUT2D eigenvalue weighted by Gasteiger charge is 2.35. The lowest BCUT2D eigenvalue weighted by atomic mass is 9.71. The Bertz CT molecular complexity index is 1900. The van der Waals surface area contributed by atoms with Crippen LogP contribution < -0.4 is 0 Å². The van der Waals surface area contributed by atoms with Gasteiger partial charge in [-0.15, -0.1) is 11.3 Å². The van der Waals surface area contributed by atoms with Crippen LogP contribution in [-0.2, 0) is 9.59 Å². The van der Waals surface area contributed by atoms with Crippen molar-refractivity contribution in [2.75, 3.05) is 0 Å². The molecule has 2 aliphatic rings. The van der Waals surface area contributed by atoms with E-state index in [9.17, 15) is 9.59 Å². The van der Waals surface area contributed by atoms with Gasteiger partial charge in [0.2, 0.25) is 0 Å². The molecule has 1 heterocycles. The van der Waals surface area contributed by atoms with Crippen molar-refractivity contribution in [2.24, 2.45) is 10.8 Å². The van der Waals surface area contributed by atoms with Gasteiger partial charge in [-0.2, -0.15) is 0 Å². The number of allylic oxidation sites excluding steroid dienone is 10. The zero-order chi connectivity index (χ0) is 33.7. The van der Waals surface area contributed by atoms with Gasteiger partial charge in [0, 0.05) is 52.7 Å². The molecule has 0 aliphatic heterocycles. The summed E-state index contributed by atoms with van der Waals surface area (Å²) in [5, 5.41) is 1.72. The average molecular weight is 688 g/mol. The van der Waals surface area contributed by atoms with Gasteiger partial charge in [0.1, 0.15) is 0 Å². The van der Waals surface area contributed by atoms with E-state index in [1.54, 1.807) is 17.4 Å². The molecule has 6 heteroatoms. The molecule has 5 rings (SSSR count). The fourth-order valence-electron chi connectivity index (χ4n) is 5.78. The number of Topliss-reactive ketones (excluding diaryl/α,β-unsaturated/α-hetero) is 2. The molecule has 3 aromatic rings. The highest BCUT2D eigenvalue weighted by molar-refractivity contribution is 7.14. The van der Waals surface area contributed by atoms with Gasteiger partial charge in [0.15, 0.2) is 11.6 Å². The lowest BCUT2D eigenvalue weighted by Crippen LogP contribution is -2.28. The van der Waals surface area contributed by atoms with E-state index in [0.717, 1.165) is 54.3 Å². The van der Waals surface area contributed by atoms with Crippen LogP contribution >= 0.6 is 46.1 Å². The zero-order valence-electron chi connectivity index (χ0n) is 27.4. The second kappa shape index (κ2) is 12.8. The van der Waals surface area contributed by atoms with Crippen molar-refractivity contribution in [1.82, 2.24) is 0 Å². The van der Waals surface area contributed by atoms with Crippen LogP contribution in [0, 0.1) is 10.8 Å². The second-order valence-electron chi connectivity index (χ2n) is 13.9. The van der Waals surface area contributed by atoms with Crippen molar-refractivity contribution < 1.29 is 9.59 Å². The lowest BCUT2D eigenvalue weighted by molar-refractivity contribution is -0.114. The molecular formula is C40H37Cl3O2S. The van der Waals surface area contributed by atoms with Gasteiger partial charge in [0.25, 0.3) is 0 Å². The average Bonchev–Trinajstić information content (AvgIpc) is 3.42. The van der Waals surface area contributed by atoms with Crippen LogP contribution in [0.2, 0.25) is 15.1 Å². The summed E-state index contributed by atoms with van der Waals surface area (Å²) in [6.45, 7) is 16.1. The number of rotatable bonds is 4. The zero-order valence-corrected chi connectivity index (χ0v) is 30.4. The first-order chi connectivity index (χ1) is 21.5. The van der Waals surface area contributed by atoms with E-state index in [1.165, 1.54) is 0 Å². The Balaban J connectivity index is 1.84. The van der Waals surface area contributed by atoms with Crippen LogP contribution in [0.5, 0.6) is 0 Å². The van der Waals surface area contributed by atoms with Crippen molar-refractivity contribution in [3.05, 3.63) is 148 Å². The molecule has 0 unspecified atom stereocenters. The molecule has 2 aliphatic carbocycles. The first-order valence-corrected chi connectivity index (χ1v) is 17.1. The molecule has 236 valence electrons. The number of ketones is 2. The SMILES string of the molecule is CC1=CC(=C(c2ccc(Cl)cc2)c2ccc(C(=C3C=C(C(C)(C)C)C(=O)C(C(C)(C)C)=C3)c3ccc(Cl)cc3Cl)s2)C=C(C)C1=O. The minimum atomic E-state index is -0.373. The predicted molar refractivity (Wildman–Crippen MR) is 197 cm³/mol. The largest absolute Gasteiger partial charge is 0.289 e. The quantitative estimate of drug-likeness (QED) is 0.274. The van der Waals surface area contributed by atoms with Gasteiger partial charge in [-0.05, 0) is 113 Å². The van der Waals surface area contributed by atoms with Crippen molar-refractivity contribution in [3.63, 3.8) is 0 Å². The maximum Gasteiger partial charge on any atom is 0.186 e. The maximum absolute atomic E-state index is 13.8. The molecule has 1 aromatic heterocycles. The van der Waals surface area contributed by atoms with Crippen molar-refractivity contribution >= 4 is 68.9 Å². The minimum absolute atomic E-state index is 0.0465. The summed E-state index contributed by atoms with van der Waals surface area (Å²) in [7, 11) is 0. The third-order valence-corrected chi connectivity index (χ3v) is 10.1. The smallest absolute Gasteiger partial charge is 0.186 e. The number of carbonyl (C=O) groups is 2. The van der Waals surface area contributed by atoms with E-state index >= 15 is 0 Å².